The molecule has 4 atom stereocenters. The molecule has 1 saturated carbocycles. The summed E-state index contributed by atoms with van der Waals surface area (Å²) in [5.74, 6) is -1.87. The van der Waals surface area contributed by atoms with E-state index in [0.717, 1.165) is 58.3 Å². The maximum Gasteiger partial charge on any atom is 0.303 e. The van der Waals surface area contributed by atoms with Gasteiger partial charge >= 0.3 is 5.97 Å². The van der Waals surface area contributed by atoms with E-state index >= 15 is 0 Å². The molecule has 168 valence electrons. The zero-order valence-electron chi connectivity index (χ0n) is 17.8. The van der Waals surface area contributed by atoms with Crippen molar-refractivity contribution in [1.29, 1.82) is 0 Å². The molecule has 7 heteroatoms. The molecule has 1 rings (SSSR count). The van der Waals surface area contributed by atoms with Gasteiger partial charge in [0, 0.05) is 31.6 Å². The van der Waals surface area contributed by atoms with Gasteiger partial charge in [0.15, 0.2) is 0 Å². The van der Waals surface area contributed by atoms with Crippen molar-refractivity contribution in [2.45, 2.75) is 96.7 Å². The first-order chi connectivity index (χ1) is 13.7. The number of ketones is 1. The van der Waals surface area contributed by atoms with E-state index in [9.17, 15) is 19.8 Å². The lowest BCUT2D eigenvalue weighted by molar-refractivity contribution is -0.137. The number of carboxylic acid groups (broad SMARTS) is 2. The smallest absolute Gasteiger partial charge is 0.303 e. The van der Waals surface area contributed by atoms with E-state index in [1.165, 1.54) is 0 Å². The van der Waals surface area contributed by atoms with E-state index in [4.69, 9.17) is 15.0 Å². The van der Waals surface area contributed by atoms with Gasteiger partial charge in [-0.3, -0.25) is 14.4 Å². The molecule has 7 nitrogen and oxygen atoms in total. The van der Waals surface area contributed by atoms with Crippen LogP contribution in [-0.2, 0) is 14.4 Å². The van der Waals surface area contributed by atoms with Crippen molar-refractivity contribution in [2.75, 3.05) is 0 Å². The second-order valence-electron chi connectivity index (χ2n) is 7.74. The Morgan fingerprint density at radius 2 is 1.72 bits per heavy atom. The second kappa shape index (κ2) is 16.1. The number of unbranched alkanes of at least 4 members (excludes halogenated alkanes) is 5. The molecule has 0 unspecified atom stereocenters. The van der Waals surface area contributed by atoms with Gasteiger partial charge in [0.05, 0.1) is 12.2 Å². The maximum atomic E-state index is 12.1. The van der Waals surface area contributed by atoms with Gasteiger partial charge in [-0.2, -0.15) is 0 Å². The number of carbonyl (C=O) groups excluding carboxylic acids is 1. The fourth-order valence-electron chi connectivity index (χ4n) is 3.54. The van der Waals surface area contributed by atoms with Gasteiger partial charge in [-0.1, -0.05) is 57.6 Å². The molecule has 0 aromatic rings. The molecular formula is C22H38O7. The van der Waals surface area contributed by atoms with Gasteiger partial charge in [0.25, 0.3) is 5.97 Å². The Hall–Kier alpha value is -1.73. The third kappa shape index (κ3) is 14.0. The van der Waals surface area contributed by atoms with Gasteiger partial charge in [-0.25, -0.2) is 0 Å². The molecule has 1 fully saturated rings. The third-order valence-electron chi connectivity index (χ3n) is 5.05. The summed E-state index contributed by atoms with van der Waals surface area (Å²) in [5.41, 5.74) is 0. The van der Waals surface area contributed by atoms with Crippen LogP contribution in [0.1, 0.15) is 84.5 Å². The number of carboxylic acids is 2. The van der Waals surface area contributed by atoms with E-state index < -0.39 is 24.1 Å². The van der Waals surface area contributed by atoms with E-state index in [2.05, 4.69) is 6.92 Å². The summed E-state index contributed by atoms with van der Waals surface area (Å²) >= 11 is 0. The predicted octanol–water partition coefficient (Wildman–Crippen LogP) is 3.57. The van der Waals surface area contributed by atoms with Crippen LogP contribution in [0.2, 0.25) is 0 Å². The van der Waals surface area contributed by atoms with Crippen molar-refractivity contribution in [2.24, 2.45) is 11.8 Å². The van der Waals surface area contributed by atoms with Crippen LogP contribution in [0.15, 0.2) is 12.2 Å². The van der Waals surface area contributed by atoms with Crippen molar-refractivity contribution in [3.8, 4) is 0 Å². The van der Waals surface area contributed by atoms with Crippen LogP contribution >= 0.6 is 0 Å². The number of hydrogen-bond donors (Lipinski definition) is 4. The number of aliphatic carboxylic acids is 2. The van der Waals surface area contributed by atoms with Gasteiger partial charge in [0.2, 0.25) is 0 Å². The van der Waals surface area contributed by atoms with Gasteiger partial charge < -0.3 is 20.4 Å². The molecule has 0 heterocycles. The van der Waals surface area contributed by atoms with Gasteiger partial charge in [-0.15, -0.1) is 0 Å². The van der Waals surface area contributed by atoms with Gasteiger partial charge in [0.1, 0.15) is 5.78 Å². The molecule has 0 amide bonds. The minimum atomic E-state index is -0.833. The monoisotopic (exact) mass is 414 g/mol. The molecule has 0 saturated heterocycles. The Bertz CT molecular complexity index is 511. The zero-order chi connectivity index (χ0) is 22.2. The molecule has 0 bridgehead atoms. The molecule has 0 aromatic heterocycles. The second-order valence-corrected chi connectivity index (χ2v) is 7.74. The summed E-state index contributed by atoms with van der Waals surface area (Å²) in [4.78, 5) is 31.6. The first kappa shape index (κ1) is 27.3. The largest absolute Gasteiger partial charge is 0.481 e. The van der Waals surface area contributed by atoms with Crippen LogP contribution in [0.3, 0.4) is 0 Å². The molecule has 0 spiro atoms. The lowest BCUT2D eigenvalue weighted by Crippen LogP contribution is -2.19. The summed E-state index contributed by atoms with van der Waals surface area (Å²) in [6.45, 7) is 3.20. The maximum absolute atomic E-state index is 12.1. The van der Waals surface area contributed by atoms with Crippen molar-refractivity contribution < 1.29 is 34.8 Å². The number of rotatable bonds is 13. The Balaban J connectivity index is 0.00000178. The summed E-state index contributed by atoms with van der Waals surface area (Å²) in [7, 11) is 0. The highest BCUT2D eigenvalue weighted by Gasteiger charge is 2.39. The standard InChI is InChI=1S/C20H34O5.C2H4O2/c1-2-3-6-9-15(21)12-13-17-16(18(22)14-19(17)23)10-7-4-5-8-11-20(24)25;1-2(3)4/h12-13,15-17,19,21,23H,2-11,14H2,1H3,(H,24,25);1H3,(H,3,4)/b13-12+;/t15-,16+,17+,19+;/m0./s1. The Kier molecular flexibility index (Phi) is 15.1. The van der Waals surface area contributed by atoms with Crippen LogP contribution < -0.4 is 0 Å². The first-order valence-electron chi connectivity index (χ1n) is 10.7. The lowest BCUT2D eigenvalue weighted by Gasteiger charge is -2.18. The van der Waals surface area contributed by atoms with Crippen molar-refractivity contribution >= 4 is 17.7 Å². The fraction of sp³-hybridized carbons (Fsp3) is 0.773. The molecule has 0 aromatic carbocycles. The van der Waals surface area contributed by atoms with Crippen molar-refractivity contribution in [3.05, 3.63) is 12.2 Å². The van der Waals surface area contributed by atoms with Crippen LogP contribution in [-0.4, -0.2) is 50.4 Å². The van der Waals surface area contributed by atoms with E-state index in [0.29, 0.717) is 6.42 Å². The summed E-state index contributed by atoms with van der Waals surface area (Å²) in [6, 6.07) is 0. The first-order valence-corrected chi connectivity index (χ1v) is 10.7. The Morgan fingerprint density at radius 3 is 2.31 bits per heavy atom. The Morgan fingerprint density at radius 1 is 1.10 bits per heavy atom. The highest BCUT2D eigenvalue weighted by atomic mass is 16.4. The predicted molar refractivity (Wildman–Crippen MR) is 111 cm³/mol. The van der Waals surface area contributed by atoms with E-state index in [1.54, 1.807) is 6.08 Å². The molecule has 1 aliphatic carbocycles. The topological polar surface area (TPSA) is 132 Å². The molecule has 0 radical (unpaired) electrons. The Labute approximate surface area is 173 Å². The molecule has 1 aliphatic rings. The number of Topliss-reactive ketones (excluding diaryl/α,β-unsaturated/α-hetero) is 1. The molecule has 29 heavy (non-hydrogen) atoms. The summed E-state index contributed by atoms with van der Waals surface area (Å²) in [6.07, 6.45) is 10.7. The average Bonchev–Trinajstić information content (AvgIpc) is 2.88. The molecular weight excluding hydrogens is 376 g/mol. The van der Waals surface area contributed by atoms with Crippen molar-refractivity contribution in [1.82, 2.24) is 0 Å². The van der Waals surface area contributed by atoms with Crippen LogP contribution in [0.25, 0.3) is 0 Å². The van der Waals surface area contributed by atoms with Crippen LogP contribution in [0, 0.1) is 11.8 Å². The van der Waals surface area contributed by atoms with E-state index in [-0.39, 0.29) is 30.5 Å². The van der Waals surface area contributed by atoms with E-state index in [1.807, 2.05) is 6.08 Å². The SMILES string of the molecule is CC(=O)O.CCCCC[C@H](O)/C=C/[C@H]1[C@H](O)CC(=O)[C@@H]1CCCCCCC(=O)O. The van der Waals surface area contributed by atoms with Crippen molar-refractivity contribution in [3.63, 3.8) is 0 Å². The lowest BCUT2D eigenvalue weighted by atomic mass is 9.88. The zero-order valence-corrected chi connectivity index (χ0v) is 17.8. The summed E-state index contributed by atoms with van der Waals surface area (Å²) < 4.78 is 0. The fourth-order valence-corrected chi connectivity index (χ4v) is 3.54. The average molecular weight is 415 g/mol. The number of aliphatic hydroxyl groups is 2. The van der Waals surface area contributed by atoms with Crippen LogP contribution in [0.5, 0.6) is 0 Å². The summed E-state index contributed by atoms with van der Waals surface area (Å²) in [5, 5.41) is 36.2. The number of carbonyl (C=O) groups is 3. The number of hydrogen-bond acceptors (Lipinski definition) is 5. The quantitative estimate of drug-likeness (QED) is 0.267. The van der Waals surface area contributed by atoms with Gasteiger partial charge in [-0.05, 0) is 19.3 Å². The molecule has 4 N–H and O–H groups in total. The highest BCUT2D eigenvalue weighted by Crippen LogP contribution is 2.34. The normalized spacial score (nSPS) is 22.3. The minimum Gasteiger partial charge on any atom is -0.481 e. The highest BCUT2D eigenvalue weighted by molar-refractivity contribution is 5.84. The minimum absolute atomic E-state index is 0.105. The molecule has 0 aliphatic heterocycles. The van der Waals surface area contributed by atoms with Crippen LogP contribution in [0.4, 0.5) is 0 Å². The number of aliphatic hydroxyl groups excluding tert-OH is 2. The third-order valence-corrected chi connectivity index (χ3v) is 5.05.